The standard InChI is InChI=1S/C19H21ClN2O2/c1-14-3-4-15(13-18(14)24-2)19(23)22-11-9-21(10-12-22)17-7-5-16(20)6-8-17/h3-8,13H,9-12H2,1-2H3. The molecule has 2 aromatic carbocycles. The van der Waals surface area contributed by atoms with E-state index in [1.54, 1.807) is 7.11 Å². The van der Waals surface area contributed by atoms with Crippen molar-refractivity contribution in [2.75, 3.05) is 38.2 Å². The Bertz CT molecular complexity index is 723. The van der Waals surface area contributed by atoms with Gasteiger partial charge >= 0.3 is 0 Å². The number of carbonyl (C=O) groups is 1. The van der Waals surface area contributed by atoms with Crippen LogP contribution in [0, 0.1) is 6.92 Å². The van der Waals surface area contributed by atoms with Crippen LogP contribution < -0.4 is 9.64 Å². The van der Waals surface area contributed by atoms with E-state index in [4.69, 9.17) is 16.3 Å². The van der Waals surface area contributed by atoms with Crippen molar-refractivity contribution < 1.29 is 9.53 Å². The van der Waals surface area contributed by atoms with Crippen molar-refractivity contribution in [3.8, 4) is 5.75 Å². The van der Waals surface area contributed by atoms with E-state index in [-0.39, 0.29) is 5.91 Å². The van der Waals surface area contributed by atoms with Crippen molar-refractivity contribution in [2.24, 2.45) is 0 Å². The SMILES string of the molecule is COc1cc(C(=O)N2CCN(c3ccc(Cl)cc3)CC2)ccc1C. The molecule has 0 N–H and O–H groups in total. The summed E-state index contributed by atoms with van der Waals surface area (Å²) in [5.41, 5.74) is 2.85. The topological polar surface area (TPSA) is 32.8 Å². The number of methoxy groups -OCH3 is 1. The molecule has 0 atom stereocenters. The monoisotopic (exact) mass is 344 g/mol. The second kappa shape index (κ2) is 7.14. The van der Waals surface area contributed by atoms with Gasteiger partial charge in [0.1, 0.15) is 5.75 Å². The Balaban J connectivity index is 1.66. The molecule has 0 aliphatic carbocycles. The molecule has 1 fully saturated rings. The number of carbonyl (C=O) groups excluding carboxylic acids is 1. The number of ether oxygens (including phenoxy) is 1. The molecule has 24 heavy (non-hydrogen) atoms. The number of benzene rings is 2. The highest BCUT2D eigenvalue weighted by atomic mass is 35.5. The Morgan fingerprint density at radius 1 is 1.04 bits per heavy atom. The zero-order valence-corrected chi connectivity index (χ0v) is 14.7. The number of hydrogen-bond donors (Lipinski definition) is 0. The van der Waals surface area contributed by atoms with Crippen LogP contribution in [0.25, 0.3) is 0 Å². The fourth-order valence-corrected chi connectivity index (χ4v) is 3.08. The molecule has 126 valence electrons. The molecule has 1 heterocycles. The van der Waals surface area contributed by atoms with Gasteiger partial charge in [-0.25, -0.2) is 0 Å². The lowest BCUT2D eigenvalue weighted by molar-refractivity contribution is 0.0746. The summed E-state index contributed by atoms with van der Waals surface area (Å²) in [6, 6.07) is 13.4. The maximum absolute atomic E-state index is 12.7. The van der Waals surface area contributed by atoms with Gasteiger partial charge in [-0.2, -0.15) is 0 Å². The molecule has 0 aromatic heterocycles. The largest absolute Gasteiger partial charge is 0.496 e. The summed E-state index contributed by atoms with van der Waals surface area (Å²) in [5.74, 6) is 0.810. The van der Waals surface area contributed by atoms with Crippen molar-refractivity contribution in [3.63, 3.8) is 0 Å². The summed E-state index contributed by atoms with van der Waals surface area (Å²) in [6.45, 7) is 5.01. The summed E-state index contributed by atoms with van der Waals surface area (Å²) in [4.78, 5) is 16.9. The zero-order valence-electron chi connectivity index (χ0n) is 14.0. The molecule has 0 saturated carbocycles. The number of piperazine rings is 1. The number of halogens is 1. The summed E-state index contributed by atoms with van der Waals surface area (Å²) in [6.07, 6.45) is 0. The molecule has 0 unspecified atom stereocenters. The second-order valence-electron chi connectivity index (χ2n) is 5.94. The normalized spacial score (nSPS) is 14.6. The van der Waals surface area contributed by atoms with Crippen molar-refractivity contribution >= 4 is 23.2 Å². The molecule has 1 aliphatic rings. The third-order valence-corrected chi connectivity index (χ3v) is 4.67. The number of anilines is 1. The Labute approximate surface area is 147 Å². The first-order chi connectivity index (χ1) is 11.6. The Hall–Kier alpha value is -2.20. The van der Waals surface area contributed by atoms with Crippen LogP contribution >= 0.6 is 11.6 Å². The Morgan fingerprint density at radius 2 is 1.71 bits per heavy atom. The Morgan fingerprint density at radius 3 is 2.33 bits per heavy atom. The average molecular weight is 345 g/mol. The maximum Gasteiger partial charge on any atom is 0.254 e. The molecule has 1 amide bonds. The summed E-state index contributed by atoms with van der Waals surface area (Å²) >= 11 is 5.94. The van der Waals surface area contributed by atoms with Crippen LogP contribution in [0.2, 0.25) is 5.02 Å². The summed E-state index contributed by atoms with van der Waals surface area (Å²) in [5, 5.41) is 0.737. The van der Waals surface area contributed by atoms with E-state index in [9.17, 15) is 4.79 Å². The van der Waals surface area contributed by atoms with Gasteiger partial charge in [-0.15, -0.1) is 0 Å². The lowest BCUT2D eigenvalue weighted by Gasteiger charge is -2.36. The molecule has 0 radical (unpaired) electrons. The first kappa shape index (κ1) is 16.7. The van der Waals surface area contributed by atoms with Crippen LogP contribution in [0.15, 0.2) is 42.5 Å². The van der Waals surface area contributed by atoms with Crippen LogP contribution in [-0.2, 0) is 0 Å². The third kappa shape index (κ3) is 3.49. The van der Waals surface area contributed by atoms with E-state index in [1.165, 1.54) is 0 Å². The number of nitrogens with zero attached hydrogens (tertiary/aromatic N) is 2. The van der Waals surface area contributed by atoms with E-state index in [0.717, 1.165) is 35.1 Å². The highest BCUT2D eigenvalue weighted by molar-refractivity contribution is 6.30. The maximum atomic E-state index is 12.7. The van der Waals surface area contributed by atoms with E-state index in [2.05, 4.69) is 4.90 Å². The fourth-order valence-electron chi connectivity index (χ4n) is 2.96. The molecule has 1 aliphatic heterocycles. The van der Waals surface area contributed by atoms with Crippen LogP contribution in [0.1, 0.15) is 15.9 Å². The zero-order chi connectivity index (χ0) is 17.1. The van der Waals surface area contributed by atoms with E-state index in [1.807, 2.05) is 54.3 Å². The van der Waals surface area contributed by atoms with E-state index in [0.29, 0.717) is 18.7 Å². The van der Waals surface area contributed by atoms with Crippen molar-refractivity contribution in [3.05, 3.63) is 58.6 Å². The van der Waals surface area contributed by atoms with Crippen LogP contribution in [0.4, 0.5) is 5.69 Å². The molecule has 1 saturated heterocycles. The van der Waals surface area contributed by atoms with Crippen LogP contribution in [0.3, 0.4) is 0 Å². The van der Waals surface area contributed by atoms with Gasteiger partial charge in [0.2, 0.25) is 0 Å². The smallest absolute Gasteiger partial charge is 0.254 e. The van der Waals surface area contributed by atoms with Gasteiger partial charge in [0, 0.05) is 42.5 Å². The number of hydrogen-bond acceptors (Lipinski definition) is 3. The van der Waals surface area contributed by atoms with Gasteiger partial charge in [-0.1, -0.05) is 17.7 Å². The second-order valence-corrected chi connectivity index (χ2v) is 6.38. The van der Waals surface area contributed by atoms with Gasteiger partial charge in [0.05, 0.1) is 7.11 Å². The first-order valence-corrected chi connectivity index (χ1v) is 8.40. The molecule has 5 heteroatoms. The molecule has 2 aromatic rings. The predicted octanol–water partition coefficient (Wildman–Crippen LogP) is 3.62. The van der Waals surface area contributed by atoms with Crippen molar-refractivity contribution in [1.82, 2.24) is 4.90 Å². The first-order valence-electron chi connectivity index (χ1n) is 8.03. The lowest BCUT2D eigenvalue weighted by atomic mass is 10.1. The van der Waals surface area contributed by atoms with Gasteiger partial charge in [-0.3, -0.25) is 4.79 Å². The minimum absolute atomic E-state index is 0.0593. The average Bonchev–Trinajstić information content (AvgIpc) is 2.62. The summed E-state index contributed by atoms with van der Waals surface area (Å²) < 4.78 is 5.32. The third-order valence-electron chi connectivity index (χ3n) is 4.41. The molecule has 0 bridgehead atoms. The van der Waals surface area contributed by atoms with Gasteiger partial charge in [-0.05, 0) is 48.9 Å². The molecular weight excluding hydrogens is 324 g/mol. The minimum atomic E-state index is 0.0593. The van der Waals surface area contributed by atoms with Gasteiger partial charge in [0.25, 0.3) is 5.91 Å². The van der Waals surface area contributed by atoms with Crippen LogP contribution in [-0.4, -0.2) is 44.1 Å². The highest BCUT2D eigenvalue weighted by Crippen LogP contribution is 2.22. The molecule has 4 nitrogen and oxygen atoms in total. The summed E-state index contributed by atoms with van der Waals surface area (Å²) in [7, 11) is 1.63. The lowest BCUT2D eigenvalue weighted by Crippen LogP contribution is -2.48. The molecule has 0 spiro atoms. The van der Waals surface area contributed by atoms with Crippen molar-refractivity contribution in [1.29, 1.82) is 0 Å². The van der Waals surface area contributed by atoms with E-state index < -0.39 is 0 Å². The molecular formula is C19H21ClN2O2. The number of aryl methyl sites for hydroxylation is 1. The molecule has 3 rings (SSSR count). The minimum Gasteiger partial charge on any atom is -0.496 e. The predicted molar refractivity (Wildman–Crippen MR) is 97.3 cm³/mol. The van der Waals surface area contributed by atoms with Gasteiger partial charge < -0.3 is 14.5 Å². The number of rotatable bonds is 3. The number of amides is 1. The van der Waals surface area contributed by atoms with E-state index >= 15 is 0 Å². The quantitative estimate of drug-likeness (QED) is 0.852. The fraction of sp³-hybridized carbons (Fsp3) is 0.316. The van der Waals surface area contributed by atoms with Crippen LogP contribution in [0.5, 0.6) is 5.75 Å². The van der Waals surface area contributed by atoms with Gasteiger partial charge in [0.15, 0.2) is 0 Å². The highest BCUT2D eigenvalue weighted by Gasteiger charge is 2.22. The van der Waals surface area contributed by atoms with Crippen molar-refractivity contribution in [2.45, 2.75) is 6.92 Å². The Kier molecular flexibility index (Phi) is 4.95.